The standard InChI is InChI=1S/C17H21N3O5/c1-17(2,3)25-16(23)20-9-7-19(8-10-20)15-18-13-11(14(21)22)5-4-6-12(13)24-15/h4-6H,7-10H2,1-3H3,(H,21,22). The van der Waals surface area contributed by atoms with Gasteiger partial charge in [0.05, 0.1) is 5.56 Å². The third-order valence-electron chi connectivity index (χ3n) is 3.84. The Balaban J connectivity index is 1.71. The molecule has 134 valence electrons. The molecule has 1 aromatic carbocycles. The number of benzene rings is 1. The van der Waals surface area contributed by atoms with Crippen LogP contribution in [-0.2, 0) is 4.74 Å². The van der Waals surface area contributed by atoms with Crippen LogP contribution in [0, 0.1) is 0 Å². The average Bonchev–Trinajstić information content (AvgIpc) is 2.97. The highest BCUT2D eigenvalue weighted by molar-refractivity contribution is 6.00. The monoisotopic (exact) mass is 347 g/mol. The summed E-state index contributed by atoms with van der Waals surface area (Å²) >= 11 is 0. The lowest BCUT2D eigenvalue weighted by molar-refractivity contribution is 0.0238. The van der Waals surface area contributed by atoms with E-state index >= 15 is 0 Å². The molecule has 8 nitrogen and oxygen atoms in total. The van der Waals surface area contributed by atoms with Crippen molar-refractivity contribution in [3.8, 4) is 0 Å². The highest BCUT2D eigenvalue weighted by atomic mass is 16.6. The summed E-state index contributed by atoms with van der Waals surface area (Å²) in [4.78, 5) is 31.2. The van der Waals surface area contributed by atoms with Crippen molar-refractivity contribution in [3.63, 3.8) is 0 Å². The van der Waals surface area contributed by atoms with Crippen LogP contribution >= 0.6 is 0 Å². The van der Waals surface area contributed by atoms with E-state index in [1.807, 2.05) is 25.7 Å². The third-order valence-corrected chi connectivity index (χ3v) is 3.84. The fraction of sp³-hybridized carbons (Fsp3) is 0.471. The van der Waals surface area contributed by atoms with Gasteiger partial charge in [-0.3, -0.25) is 0 Å². The minimum Gasteiger partial charge on any atom is -0.478 e. The number of fused-ring (bicyclic) bond motifs is 1. The summed E-state index contributed by atoms with van der Waals surface area (Å²) in [6.07, 6.45) is -0.335. The van der Waals surface area contributed by atoms with E-state index in [0.29, 0.717) is 43.3 Å². The quantitative estimate of drug-likeness (QED) is 0.892. The van der Waals surface area contributed by atoms with E-state index in [0.717, 1.165) is 0 Å². The van der Waals surface area contributed by atoms with Gasteiger partial charge in [-0.25, -0.2) is 9.59 Å². The van der Waals surface area contributed by atoms with Gasteiger partial charge < -0.3 is 24.1 Å². The molecule has 2 aromatic rings. The van der Waals surface area contributed by atoms with Gasteiger partial charge in [-0.05, 0) is 32.9 Å². The molecule has 1 aromatic heterocycles. The van der Waals surface area contributed by atoms with Crippen LogP contribution in [0.2, 0.25) is 0 Å². The molecule has 0 saturated carbocycles. The molecular weight excluding hydrogens is 326 g/mol. The van der Waals surface area contributed by atoms with Crippen molar-refractivity contribution < 1.29 is 23.8 Å². The third kappa shape index (κ3) is 3.67. The first kappa shape index (κ1) is 17.1. The lowest BCUT2D eigenvalue weighted by Crippen LogP contribution is -2.50. The fourth-order valence-electron chi connectivity index (χ4n) is 2.65. The molecule has 3 rings (SSSR count). The average molecular weight is 347 g/mol. The van der Waals surface area contributed by atoms with Crippen LogP contribution in [0.25, 0.3) is 11.1 Å². The Morgan fingerprint density at radius 3 is 2.48 bits per heavy atom. The number of carbonyl (C=O) groups is 2. The molecule has 8 heteroatoms. The van der Waals surface area contributed by atoms with E-state index in [-0.39, 0.29) is 11.7 Å². The van der Waals surface area contributed by atoms with Gasteiger partial charge in [0, 0.05) is 26.2 Å². The van der Waals surface area contributed by atoms with Crippen LogP contribution in [0.1, 0.15) is 31.1 Å². The number of ether oxygens (including phenoxy) is 1. The summed E-state index contributed by atoms with van der Waals surface area (Å²) in [5.74, 6) is -1.04. The second kappa shape index (κ2) is 6.27. The Kier molecular flexibility index (Phi) is 4.28. The van der Waals surface area contributed by atoms with Crippen molar-refractivity contribution >= 4 is 29.2 Å². The Morgan fingerprint density at radius 2 is 1.88 bits per heavy atom. The highest BCUT2D eigenvalue weighted by Gasteiger charge is 2.28. The normalized spacial score (nSPS) is 15.5. The van der Waals surface area contributed by atoms with Crippen molar-refractivity contribution in [2.75, 3.05) is 31.1 Å². The minimum absolute atomic E-state index is 0.111. The summed E-state index contributed by atoms with van der Waals surface area (Å²) in [5.41, 5.74) is 0.353. The van der Waals surface area contributed by atoms with E-state index in [2.05, 4.69) is 4.98 Å². The van der Waals surface area contributed by atoms with E-state index in [1.54, 1.807) is 17.0 Å². The predicted molar refractivity (Wildman–Crippen MR) is 91.0 cm³/mol. The van der Waals surface area contributed by atoms with Crippen LogP contribution in [0.3, 0.4) is 0 Å². The maximum atomic E-state index is 12.1. The second-order valence-electron chi connectivity index (χ2n) is 6.91. The molecule has 0 unspecified atom stereocenters. The van der Waals surface area contributed by atoms with Crippen LogP contribution in [0.4, 0.5) is 10.8 Å². The van der Waals surface area contributed by atoms with Crippen molar-refractivity contribution in [2.24, 2.45) is 0 Å². The van der Waals surface area contributed by atoms with Crippen LogP contribution in [-0.4, -0.2) is 58.8 Å². The molecule has 1 aliphatic heterocycles. The lowest BCUT2D eigenvalue weighted by Gasteiger charge is -2.34. The summed E-state index contributed by atoms with van der Waals surface area (Å²) in [7, 11) is 0. The molecular formula is C17H21N3O5. The number of rotatable bonds is 2. The molecule has 2 heterocycles. The van der Waals surface area contributed by atoms with Gasteiger partial charge >= 0.3 is 12.1 Å². The number of piperazine rings is 1. The van der Waals surface area contributed by atoms with Crippen molar-refractivity contribution in [1.29, 1.82) is 0 Å². The Morgan fingerprint density at radius 1 is 1.20 bits per heavy atom. The molecule has 1 N–H and O–H groups in total. The number of nitrogens with zero attached hydrogens (tertiary/aromatic N) is 3. The fourth-order valence-corrected chi connectivity index (χ4v) is 2.65. The van der Waals surface area contributed by atoms with Crippen LogP contribution in [0.15, 0.2) is 22.6 Å². The zero-order valence-electron chi connectivity index (χ0n) is 14.5. The zero-order chi connectivity index (χ0) is 18.2. The Bertz CT molecular complexity index is 800. The van der Waals surface area contributed by atoms with Gasteiger partial charge in [-0.1, -0.05) is 6.07 Å². The zero-order valence-corrected chi connectivity index (χ0v) is 14.5. The number of aromatic carboxylic acids is 1. The van der Waals surface area contributed by atoms with Gasteiger partial charge in [0.1, 0.15) is 11.1 Å². The molecule has 1 aliphatic rings. The lowest BCUT2D eigenvalue weighted by atomic mass is 10.2. The number of carboxylic acid groups (broad SMARTS) is 1. The van der Waals surface area contributed by atoms with Crippen LogP contribution < -0.4 is 4.90 Å². The molecule has 0 aliphatic carbocycles. The Labute approximate surface area is 145 Å². The summed E-state index contributed by atoms with van der Waals surface area (Å²) in [6, 6.07) is 5.18. The van der Waals surface area contributed by atoms with E-state index in [4.69, 9.17) is 9.15 Å². The molecule has 0 atom stereocenters. The van der Waals surface area contributed by atoms with E-state index in [1.165, 1.54) is 6.07 Å². The topological polar surface area (TPSA) is 96.1 Å². The van der Waals surface area contributed by atoms with Gasteiger partial charge in [0.2, 0.25) is 0 Å². The van der Waals surface area contributed by atoms with E-state index < -0.39 is 11.6 Å². The molecule has 1 amide bonds. The molecule has 0 spiro atoms. The smallest absolute Gasteiger partial charge is 0.410 e. The first-order valence-electron chi connectivity index (χ1n) is 8.10. The number of hydrogen-bond donors (Lipinski definition) is 1. The first-order chi connectivity index (χ1) is 11.7. The number of amides is 1. The largest absolute Gasteiger partial charge is 0.478 e. The van der Waals surface area contributed by atoms with Gasteiger partial charge in [-0.2, -0.15) is 4.98 Å². The predicted octanol–water partition coefficient (Wildman–Crippen LogP) is 2.58. The number of carboxylic acids is 1. The number of hydrogen-bond acceptors (Lipinski definition) is 6. The second-order valence-corrected chi connectivity index (χ2v) is 6.91. The van der Waals surface area contributed by atoms with Crippen molar-refractivity contribution in [1.82, 2.24) is 9.88 Å². The number of anilines is 1. The highest BCUT2D eigenvalue weighted by Crippen LogP contribution is 2.25. The molecule has 1 saturated heterocycles. The molecule has 0 bridgehead atoms. The summed E-state index contributed by atoms with van der Waals surface area (Å²) < 4.78 is 11.1. The number of oxazole rings is 1. The number of carbonyl (C=O) groups excluding carboxylic acids is 1. The molecule has 1 fully saturated rings. The minimum atomic E-state index is -1.04. The van der Waals surface area contributed by atoms with Crippen LogP contribution in [0.5, 0.6) is 0 Å². The van der Waals surface area contributed by atoms with Crippen molar-refractivity contribution in [3.05, 3.63) is 23.8 Å². The molecule has 25 heavy (non-hydrogen) atoms. The maximum absolute atomic E-state index is 12.1. The maximum Gasteiger partial charge on any atom is 0.410 e. The SMILES string of the molecule is CC(C)(C)OC(=O)N1CCN(c2nc3c(C(=O)O)cccc3o2)CC1. The van der Waals surface area contributed by atoms with Crippen molar-refractivity contribution in [2.45, 2.75) is 26.4 Å². The molecule has 0 radical (unpaired) electrons. The van der Waals surface area contributed by atoms with Gasteiger partial charge in [-0.15, -0.1) is 0 Å². The van der Waals surface area contributed by atoms with E-state index in [9.17, 15) is 14.7 Å². The van der Waals surface area contributed by atoms with Gasteiger partial charge in [0.15, 0.2) is 5.58 Å². The Hall–Kier alpha value is -2.77. The summed E-state index contributed by atoms with van der Waals surface area (Å²) in [6.45, 7) is 7.54. The number of aromatic nitrogens is 1. The summed E-state index contributed by atoms with van der Waals surface area (Å²) in [5, 5.41) is 9.24. The van der Waals surface area contributed by atoms with Gasteiger partial charge in [0.25, 0.3) is 6.01 Å². The number of para-hydroxylation sites is 1. The first-order valence-corrected chi connectivity index (χ1v) is 8.10.